The molecule has 0 atom stereocenters. The van der Waals surface area contributed by atoms with Crippen LogP contribution in [0.25, 0.3) is 17.0 Å². The number of halogens is 1. The zero-order valence-electron chi connectivity index (χ0n) is 23.7. The van der Waals surface area contributed by atoms with Gasteiger partial charge in [-0.1, -0.05) is 6.07 Å². The molecule has 0 unspecified atom stereocenters. The highest BCUT2D eigenvalue weighted by Gasteiger charge is 2.21. The summed E-state index contributed by atoms with van der Waals surface area (Å²) in [6.07, 6.45) is 9.56. The second-order valence-corrected chi connectivity index (χ2v) is 15.1. The Labute approximate surface area is 236 Å². The number of allylic oxidation sites excluding steroid dienone is 1. The Morgan fingerprint density at radius 2 is 2.08 bits per heavy atom. The molecule has 0 aliphatic carbocycles. The molecule has 1 aliphatic rings. The standard InChI is InChI=1S/C28H38FN7O3S/c1-19-6-7-22(14-31-19)27-34-28(36(2)35-27)33-24-9-8-21(12-25(24)39-17-20-15-38-16-20)23(13-30)26(29)32-18-37-10-11-40(3,4)5/h6-9,12-14,20H,10-11,15-18,30H2,1-5H3,(H,33,34,35)/b23-13-,32-26-. The third-order valence-corrected chi connectivity index (χ3v) is 7.57. The number of aryl methyl sites for hydroxylation is 2. The number of hydrogen-bond acceptors (Lipinski definition) is 9. The molecule has 1 aliphatic heterocycles. The number of ether oxygens (including phenoxy) is 3. The van der Waals surface area contributed by atoms with Gasteiger partial charge in [-0.2, -0.15) is 9.37 Å². The Balaban J connectivity index is 1.53. The molecule has 0 radical (unpaired) electrons. The van der Waals surface area contributed by atoms with Crippen LogP contribution in [0, 0.1) is 12.8 Å². The van der Waals surface area contributed by atoms with Crippen LogP contribution in [0.2, 0.25) is 0 Å². The van der Waals surface area contributed by atoms with Crippen molar-refractivity contribution in [3.05, 3.63) is 54.0 Å². The maximum Gasteiger partial charge on any atom is 0.226 e. The summed E-state index contributed by atoms with van der Waals surface area (Å²) in [7, 11) is 1.11. The number of aromatic nitrogens is 4. The lowest BCUT2D eigenvalue weighted by atomic mass is 10.1. The molecule has 216 valence electrons. The predicted molar refractivity (Wildman–Crippen MR) is 160 cm³/mol. The zero-order valence-corrected chi connectivity index (χ0v) is 24.5. The van der Waals surface area contributed by atoms with Gasteiger partial charge in [-0.05, 0) is 55.5 Å². The Bertz CT molecular complexity index is 1350. The van der Waals surface area contributed by atoms with Gasteiger partial charge in [0.25, 0.3) is 0 Å². The number of nitrogens with two attached hydrogens (primary N) is 1. The van der Waals surface area contributed by atoms with Crippen molar-refractivity contribution in [2.75, 3.05) is 63.0 Å². The fourth-order valence-electron chi connectivity index (χ4n) is 3.68. The number of nitrogens with one attached hydrogen (secondary N) is 1. The van der Waals surface area contributed by atoms with Crippen LogP contribution in [0.5, 0.6) is 5.75 Å². The quantitative estimate of drug-likeness (QED) is 0.230. The maximum absolute atomic E-state index is 15.0. The molecule has 1 saturated heterocycles. The van der Waals surface area contributed by atoms with E-state index in [0.29, 0.717) is 61.1 Å². The Hall–Kier alpha value is -3.48. The van der Waals surface area contributed by atoms with E-state index in [9.17, 15) is 0 Å². The molecule has 40 heavy (non-hydrogen) atoms. The van der Waals surface area contributed by atoms with Crippen LogP contribution >= 0.6 is 10.0 Å². The van der Waals surface area contributed by atoms with E-state index in [4.69, 9.17) is 19.9 Å². The summed E-state index contributed by atoms with van der Waals surface area (Å²) < 4.78 is 33.6. The van der Waals surface area contributed by atoms with Gasteiger partial charge in [-0.25, -0.2) is 19.7 Å². The van der Waals surface area contributed by atoms with Crippen molar-refractivity contribution < 1.29 is 18.6 Å². The van der Waals surface area contributed by atoms with Gasteiger partial charge < -0.3 is 25.3 Å². The number of benzene rings is 1. The number of anilines is 2. The van der Waals surface area contributed by atoms with Crippen LogP contribution in [0.15, 0.2) is 47.7 Å². The molecule has 0 spiro atoms. The van der Waals surface area contributed by atoms with Crippen LogP contribution in [-0.4, -0.2) is 83.4 Å². The van der Waals surface area contributed by atoms with Gasteiger partial charge in [0.05, 0.1) is 37.7 Å². The van der Waals surface area contributed by atoms with Gasteiger partial charge in [0.1, 0.15) is 12.5 Å². The van der Waals surface area contributed by atoms with Crippen molar-refractivity contribution in [1.82, 2.24) is 19.7 Å². The second-order valence-electron chi connectivity index (χ2n) is 10.5. The summed E-state index contributed by atoms with van der Waals surface area (Å²) in [5, 5.41) is 7.81. The van der Waals surface area contributed by atoms with Crippen LogP contribution in [0.3, 0.4) is 0 Å². The molecule has 3 aromatic rings. The Morgan fingerprint density at radius 3 is 2.73 bits per heavy atom. The minimum absolute atomic E-state index is 0.0750. The molecule has 4 rings (SSSR count). The van der Waals surface area contributed by atoms with Crippen LogP contribution < -0.4 is 15.8 Å². The number of rotatable bonds is 13. The van der Waals surface area contributed by atoms with Crippen LogP contribution in [0.1, 0.15) is 11.3 Å². The van der Waals surface area contributed by atoms with Gasteiger partial charge in [0, 0.05) is 42.4 Å². The lowest BCUT2D eigenvalue weighted by Crippen LogP contribution is -2.32. The molecule has 1 fully saturated rings. The maximum atomic E-state index is 15.0. The van der Waals surface area contributed by atoms with Gasteiger partial charge >= 0.3 is 0 Å². The molecular formula is C28H38FN7O3S. The molecule has 2 aromatic heterocycles. The lowest BCUT2D eigenvalue weighted by Gasteiger charge is -2.26. The SMILES string of the molecule is Cc1ccc(-c2nc(Nc3ccc(C(=C/N)/C(F)=N/COCCS(C)(C)C)cc3OCC3COC3)n(C)n2)cn1. The monoisotopic (exact) mass is 571 g/mol. The second kappa shape index (κ2) is 13.2. The van der Waals surface area contributed by atoms with Crippen molar-refractivity contribution in [1.29, 1.82) is 0 Å². The van der Waals surface area contributed by atoms with Crippen molar-refractivity contribution in [2.45, 2.75) is 6.92 Å². The van der Waals surface area contributed by atoms with E-state index in [0.717, 1.165) is 17.0 Å². The highest BCUT2D eigenvalue weighted by atomic mass is 32.3. The first-order chi connectivity index (χ1) is 19.1. The highest BCUT2D eigenvalue weighted by molar-refractivity contribution is 8.32. The molecule has 0 amide bonds. The Morgan fingerprint density at radius 1 is 1.27 bits per heavy atom. The van der Waals surface area contributed by atoms with E-state index in [1.807, 2.05) is 19.1 Å². The predicted octanol–water partition coefficient (Wildman–Crippen LogP) is 4.29. The molecule has 3 heterocycles. The van der Waals surface area contributed by atoms with E-state index in [1.165, 1.54) is 6.20 Å². The summed E-state index contributed by atoms with van der Waals surface area (Å²) in [5.41, 5.74) is 8.87. The topological polar surface area (TPSA) is 122 Å². The fraction of sp³-hybridized carbons (Fsp3) is 0.429. The number of aliphatic imine (C=N–C) groups is 1. The van der Waals surface area contributed by atoms with Crippen LogP contribution in [0.4, 0.5) is 16.0 Å². The van der Waals surface area contributed by atoms with E-state index in [1.54, 1.807) is 36.1 Å². The van der Waals surface area contributed by atoms with Crippen molar-refractivity contribution >= 4 is 33.2 Å². The minimum atomic E-state index is -0.700. The Kier molecular flexibility index (Phi) is 9.77. The molecule has 0 saturated carbocycles. The summed E-state index contributed by atoms with van der Waals surface area (Å²) in [4.78, 5) is 12.9. The first-order valence-electron chi connectivity index (χ1n) is 12.9. The molecular weight excluding hydrogens is 533 g/mol. The first kappa shape index (κ1) is 29.5. The largest absolute Gasteiger partial charge is 0.491 e. The summed E-state index contributed by atoms with van der Waals surface area (Å²) in [6, 6.07) is 9.13. The number of pyridine rings is 1. The molecule has 10 nitrogen and oxygen atoms in total. The van der Waals surface area contributed by atoms with E-state index in [-0.39, 0.29) is 12.3 Å². The van der Waals surface area contributed by atoms with Gasteiger partial charge in [0.15, 0.2) is 5.82 Å². The molecule has 1 aromatic carbocycles. The minimum Gasteiger partial charge on any atom is -0.491 e. The summed E-state index contributed by atoms with van der Waals surface area (Å²) >= 11 is 0. The van der Waals surface area contributed by atoms with Gasteiger partial charge in [-0.15, -0.1) is 5.10 Å². The summed E-state index contributed by atoms with van der Waals surface area (Å²) in [5.74, 6) is 2.09. The van der Waals surface area contributed by atoms with E-state index < -0.39 is 16.0 Å². The average molecular weight is 572 g/mol. The summed E-state index contributed by atoms with van der Waals surface area (Å²) in [6.45, 7) is 4.13. The van der Waals surface area contributed by atoms with Crippen molar-refractivity contribution in [3.8, 4) is 17.1 Å². The first-order valence-corrected chi connectivity index (χ1v) is 16.0. The fourth-order valence-corrected chi connectivity index (χ4v) is 4.30. The van der Waals surface area contributed by atoms with Gasteiger partial charge in [0.2, 0.25) is 11.9 Å². The smallest absolute Gasteiger partial charge is 0.226 e. The molecule has 12 heteroatoms. The normalized spacial score (nSPS) is 15.2. The van der Waals surface area contributed by atoms with Crippen molar-refractivity contribution in [3.63, 3.8) is 0 Å². The number of nitrogens with zero attached hydrogens (tertiary/aromatic N) is 5. The molecule has 0 bridgehead atoms. The number of hydrogen-bond donors (Lipinski definition) is 2. The van der Waals surface area contributed by atoms with Gasteiger partial charge in [-0.3, -0.25) is 4.98 Å². The third kappa shape index (κ3) is 8.03. The zero-order chi connectivity index (χ0) is 28.7. The average Bonchev–Trinajstić information content (AvgIpc) is 3.24. The van der Waals surface area contributed by atoms with E-state index in [2.05, 4.69) is 44.1 Å². The third-order valence-electron chi connectivity index (χ3n) is 6.18. The lowest BCUT2D eigenvalue weighted by molar-refractivity contribution is -0.0507. The highest BCUT2D eigenvalue weighted by Crippen LogP contribution is 2.34. The van der Waals surface area contributed by atoms with E-state index >= 15 is 4.39 Å². The van der Waals surface area contributed by atoms with Crippen LogP contribution in [-0.2, 0) is 16.5 Å². The van der Waals surface area contributed by atoms with Crippen molar-refractivity contribution in [2.24, 2.45) is 23.7 Å². The molecule has 3 N–H and O–H groups in total.